The first-order chi connectivity index (χ1) is 7.33. The Morgan fingerprint density at radius 1 is 1.40 bits per heavy atom. The first-order valence-corrected chi connectivity index (χ1v) is 5.71. The molecule has 1 aromatic rings. The molecule has 0 aliphatic rings. The molecule has 3 heteroatoms. The molecule has 0 aliphatic carbocycles. The van der Waals surface area contributed by atoms with Crippen LogP contribution in [0.5, 0.6) is 0 Å². The van der Waals surface area contributed by atoms with Gasteiger partial charge < -0.3 is 0 Å². The van der Waals surface area contributed by atoms with Crippen LogP contribution in [0.15, 0.2) is 34.7 Å². The van der Waals surface area contributed by atoms with Crippen LogP contribution < -0.4 is 4.72 Å². The van der Waals surface area contributed by atoms with Gasteiger partial charge in [0.1, 0.15) is 0 Å². The lowest BCUT2D eigenvalue weighted by molar-refractivity contribution is 1.27. The number of nitrogens with zero attached hydrogens (tertiary/aromatic N) is 1. The number of hydrogen-bond donors (Lipinski definition) is 1. The summed E-state index contributed by atoms with van der Waals surface area (Å²) in [5.74, 6) is 0. The molecule has 0 saturated carbocycles. The van der Waals surface area contributed by atoms with E-state index < -0.39 is 0 Å². The van der Waals surface area contributed by atoms with Gasteiger partial charge in [0.15, 0.2) is 0 Å². The zero-order valence-electron chi connectivity index (χ0n) is 9.58. The standard InChI is InChI=1S/C10H12N2S.C2H6/c1-4-8-9(11-2)6-5-7-10(8)13-12-3;1-2/h4-7,12H,1-2H2,3H3;1-2H3. The molecule has 0 aromatic heterocycles. The molecule has 82 valence electrons. The van der Waals surface area contributed by atoms with E-state index in [1.807, 2.05) is 39.1 Å². The molecule has 0 fully saturated rings. The second kappa shape index (κ2) is 8.26. The van der Waals surface area contributed by atoms with E-state index in [0.29, 0.717) is 0 Å². The van der Waals surface area contributed by atoms with Crippen molar-refractivity contribution in [2.24, 2.45) is 4.99 Å². The van der Waals surface area contributed by atoms with E-state index in [4.69, 9.17) is 0 Å². The maximum atomic E-state index is 3.92. The first kappa shape index (κ1) is 13.9. The summed E-state index contributed by atoms with van der Waals surface area (Å²) in [4.78, 5) is 5.04. The molecule has 0 atom stereocenters. The van der Waals surface area contributed by atoms with Gasteiger partial charge in [0.2, 0.25) is 0 Å². The van der Waals surface area contributed by atoms with Gasteiger partial charge in [-0.1, -0.05) is 32.6 Å². The molecule has 2 nitrogen and oxygen atoms in total. The van der Waals surface area contributed by atoms with Crippen LogP contribution in [0.4, 0.5) is 5.69 Å². The fourth-order valence-corrected chi connectivity index (χ4v) is 1.74. The minimum Gasteiger partial charge on any atom is -0.264 e. The van der Waals surface area contributed by atoms with Gasteiger partial charge in [-0.3, -0.25) is 9.71 Å². The molecule has 0 bridgehead atoms. The molecule has 0 radical (unpaired) electrons. The van der Waals surface area contributed by atoms with E-state index in [9.17, 15) is 0 Å². The quantitative estimate of drug-likeness (QED) is 0.617. The van der Waals surface area contributed by atoms with Crippen LogP contribution in [0.25, 0.3) is 6.08 Å². The zero-order chi connectivity index (χ0) is 11.7. The number of benzene rings is 1. The summed E-state index contributed by atoms with van der Waals surface area (Å²) in [7, 11) is 1.88. The van der Waals surface area contributed by atoms with Crippen molar-refractivity contribution in [1.82, 2.24) is 4.72 Å². The summed E-state index contributed by atoms with van der Waals surface area (Å²) < 4.78 is 3.02. The van der Waals surface area contributed by atoms with Gasteiger partial charge in [-0.25, -0.2) is 0 Å². The van der Waals surface area contributed by atoms with Gasteiger partial charge >= 0.3 is 0 Å². The van der Waals surface area contributed by atoms with E-state index >= 15 is 0 Å². The third-order valence-electron chi connectivity index (χ3n) is 1.63. The maximum absolute atomic E-state index is 3.92. The van der Waals surface area contributed by atoms with Crippen LogP contribution in [0.2, 0.25) is 0 Å². The Bertz CT molecular complexity index is 321. The Labute approximate surface area is 96.6 Å². The van der Waals surface area contributed by atoms with E-state index in [1.54, 1.807) is 18.0 Å². The van der Waals surface area contributed by atoms with Gasteiger partial charge in [0, 0.05) is 10.5 Å². The molecule has 1 aromatic carbocycles. The lowest BCUT2D eigenvalue weighted by Gasteiger charge is -2.06. The molecular formula is C12H18N2S. The minimum absolute atomic E-state index is 0.871. The molecule has 1 rings (SSSR count). The summed E-state index contributed by atoms with van der Waals surface area (Å²) in [5.41, 5.74) is 1.90. The first-order valence-electron chi connectivity index (χ1n) is 4.89. The summed E-state index contributed by atoms with van der Waals surface area (Å²) in [5, 5.41) is 0. The molecule has 0 aliphatic heterocycles. The smallest absolute Gasteiger partial charge is 0.0706 e. The number of aliphatic imine (C=N–C) groups is 1. The Hall–Kier alpha value is -1.06. The monoisotopic (exact) mass is 222 g/mol. The molecule has 0 heterocycles. The summed E-state index contributed by atoms with van der Waals surface area (Å²) in [6, 6.07) is 5.90. The van der Waals surface area contributed by atoms with E-state index in [1.165, 1.54) is 0 Å². The number of nitrogens with one attached hydrogen (secondary N) is 1. The number of rotatable bonds is 4. The van der Waals surface area contributed by atoms with Gasteiger partial charge in [-0.05, 0) is 37.8 Å². The highest BCUT2D eigenvalue weighted by molar-refractivity contribution is 7.97. The highest BCUT2D eigenvalue weighted by atomic mass is 32.2. The predicted octanol–water partition coefficient (Wildman–Crippen LogP) is 3.91. The van der Waals surface area contributed by atoms with Crippen LogP contribution in [-0.4, -0.2) is 13.8 Å². The largest absolute Gasteiger partial charge is 0.264 e. The molecule has 0 saturated heterocycles. The fourth-order valence-electron chi connectivity index (χ4n) is 1.07. The molecule has 0 amide bonds. The SMILES string of the molecule is C=Cc1c(N=C)cccc1SNC.CC. The van der Waals surface area contributed by atoms with Crippen LogP contribution in [0.1, 0.15) is 19.4 Å². The summed E-state index contributed by atoms with van der Waals surface area (Å²) in [6.07, 6.45) is 1.80. The van der Waals surface area contributed by atoms with Crippen LogP contribution in [0, 0.1) is 0 Å². The van der Waals surface area contributed by atoms with Gasteiger partial charge in [-0.2, -0.15) is 0 Å². The van der Waals surface area contributed by atoms with Crippen molar-refractivity contribution >= 4 is 30.4 Å². The average molecular weight is 222 g/mol. The lowest BCUT2D eigenvalue weighted by Crippen LogP contribution is -1.92. The third-order valence-corrected chi connectivity index (χ3v) is 2.41. The van der Waals surface area contributed by atoms with Gasteiger partial charge in [0.25, 0.3) is 0 Å². The van der Waals surface area contributed by atoms with E-state index in [2.05, 4.69) is 23.0 Å². The molecular weight excluding hydrogens is 204 g/mol. The van der Waals surface area contributed by atoms with Crippen molar-refractivity contribution in [2.75, 3.05) is 7.05 Å². The second-order valence-electron chi connectivity index (χ2n) is 2.36. The fraction of sp³-hybridized carbons (Fsp3) is 0.250. The summed E-state index contributed by atoms with van der Waals surface area (Å²) in [6.45, 7) is 11.3. The van der Waals surface area contributed by atoms with Crippen molar-refractivity contribution < 1.29 is 0 Å². The third kappa shape index (κ3) is 3.90. The molecule has 0 spiro atoms. The minimum atomic E-state index is 0.871. The van der Waals surface area contributed by atoms with Gasteiger partial charge in [-0.15, -0.1) is 0 Å². The Kier molecular flexibility index (Phi) is 7.68. The number of hydrogen-bond acceptors (Lipinski definition) is 3. The molecule has 15 heavy (non-hydrogen) atoms. The molecule has 1 N–H and O–H groups in total. The van der Waals surface area contributed by atoms with Crippen molar-refractivity contribution in [3.63, 3.8) is 0 Å². The van der Waals surface area contributed by atoms with E-state index in [0.717, 1.165) is 16.1 Å². The normalized spacial score (nSPS) is 8.73. The van der Waals surface area contributed by atoms with Crippen molar-refractivity contribution in [3.8, 4) is 0 Å². The topological polar surface area (TPSA) is 24.4 Å². The lowest BCUT2D eigenvalue weighted by atomic mass is 10.2. The van der Waals surface area contributed by atoms with Gasteiger partial charge in [0.05, 0.1) is 5.69 Å². The predicted molar refractivity (Wildman–Crippen MR) is 72.0 cm³/mol. The Balaban J connectivity index is 0.000000921. The Morgan fingerprint density at radius 2 is 2.07 bits per heavy atom. The average Bonchev–Trinajstić information content (AvgIpc) is 2.31. The van der Waals surface area contributed by atoms with Crippen molar-refractivity contribution in [3.05, 3.63) is 30.3 Å². The van der Waals surface area contributed by atoms with Crippen LogP contribution in [0.3, 0.4) is 0 Å². The summed E-state index contributed by atoms with van der Waals surface area (Å²) >= 11 is 1.55. The van der Waals surface area contributed by atoms with Crippen molar-refractivity contribution in [1.29, 1.82) is 0 Å². The highest BCUT2D eigenvalue weighted by Crippen LogP contribution is 2.29. The van der Waals surface area contributed by atoms with Crippen molar-refractivity contribution in [2.45, 2.75) is 18.7 Å². The maximum Gasteiger partial charge on any atom is 0.0706 e. The van der Waals surface area contributed by atoms with E-state index in [-0.39, 0.29) is 0 Å². The second-order valence-corrected chi connectivity index (χ2v) is 3.41. The highest BCUT2D eigenvalue weighted by Gasteiger charge is 2.02. The molecule has 0 unspecified atom stereocenters. The van der Waals surface area contributed by atoms with Crippen LogP contribution in [-0.2, 0) is 0 Å². The van der Waals surface area contributed by atoms with Crippen LogP contribution >= 0.6 is 11.9 Å². The zero-order valence-corrected chi connectivity index (χ0v) is 10.4. The Morgan fingerprint density at radius 3 is 2.53 bits per heavy atom.